The average molecular weight is 600 g/mol. The zero-order valence-corrected chi connectivity index (χ0v) is 24.4. The quantitative estimate of drug-likeness (QED) is 0.167. The first-order valence-corrected chi connectivity index (χ1v) is 14.6. The van der Waals surface area contributed by atoms with Crippen molar-refractivity contribution in [3.05, 3.63) is 90.0 Å². The molecule has 208 valence electrons. The number of nitrogens with zero attached hydrogens (tertiary/aromatic N) is 3. The highest BCUT2D eigenvalue weighted by molar-refractivity contribution is 8.18. The van der Waals surface area contributed by atoms with Crippen molar-refractivity contribution in [1.29, 1.82) is 0 Å². The third-order valence-electron chi connectivity index (χ3n) is 7.36. The van der Waals surface area contributed by atoms with E-state index in [4.69, 9.17) is 23.2 Å². The summed E-state index contributed by atoms with van der Waals surface area (Å²) in [6, 6.07) is 12.4. The van der Waals surface area contributed by atoms with E-state index in [1.807, 2.05) is 30.5 Å². The number of hydrogen-bond donors (Lipinski definition) is 1. The molecule has 40 heavy (non-hydrogen) atoms. The molecule has 0 radical (unpaired) electrons. The fourth-order valence-corrected chi connectivity index (χ4v) is 6.48. The van der Waals surface area contributed by atoms with Crippen LogP contribution in [0.3, 0.4) is 0 Å². The Morgan fingerprint density at radius 2 is 1.80 bits per heavy atom. The minimum Gasteiger partial charge on any atom is -0.377 e. The number of imide groups is 1. The van der Waals surface area contributed by atoms with Crippen LogP contribution in [0.2, 0.25) is 10.0 Å². The first-order valence-electron chi connectivity index (χ1n) is 13.1. The molecule has 5 rings (SSSR count). The van der Waals surface area contributed by atoms with Crippen molar-refractivity contribution in [3.63, 3.8) is 0 Å². The summed E-state index contributed by atoms with van der Waals surface area (Å²) in [6.07, 6.45) is 7.18. The third-order valence-corrected chi connectivity index (χ3v) is 9.00. The van der Waals surface area contributed by atoms with Gasteiger partial charge in [0.05, 0.1) is 32.1 Å². The molecule has 8 nitrogen and oxygen atoms in total. The monoisotopic (exact) mass is 598 g/mol. The molecule has 2 aliphatic rings. The van der Waals surface area contributed by atoms with Gasteiger partial charge in [0.25, 0.3) is 16.8 Å². The lowest BCUT2D eigenvalue weighted by Gasteiger charge is -2.24. The fraction of sp³-hybridized carbons (Fsp3) is 0.310. The van der Waals surface area contributed by atoms with Crippen LogP contribution in [0.1, 0.15) is 54.6 Å². The first kappa shape index (κ1) is 28.3. The van der Waals surface area contributed by atoms with Gasteiger partial charge < -0.3 is 9.88 Å². The number of aryl methyl sites for hydroxylation is 1. The van der Waals surface area contributed by atoms with Crippen LogP contribution in [0.25, 0.3) is 11.8 Å². The highest BCUT2D eigenvalue weighted by atomic mass is 35.5. The lowest BCUT2D eigenvalue weighted by atomic mass is 9.95. The normalized spacial score (nSPS) is 17.2. The Balaban J connectivity index is 1.40. The fourth-order valence-electron chi connectivity index (χ4n) is 5.33. The van der Waals surface area contributed by atoms with E-state index in [1.54, 1.807) is 36.4 Å². The number of anilines is 1. The van der Waals surface area contributed by atoms with E-state index in [1.165, 1.54) is 11.3 Å². The Hall–Kier alpha value is -3.27. The summed E-state index contributed by atoms with van der Waals surface area (Å²) >= 11 is 13.0. The van der Waals surface area contributed by atoms with Gasteiger partial charge in [-0.05, 0) is 86.0 Å². The maximum Gasteiger partial charge on any atom is 0.294 e. The van der Waals surface area contributed by atoms with Gasteiger partial charge in [0.2, 0.25) is 0 Å². The number of aromatic nitrogens is 1. The molecule has 0 unspecified atom stereocenters. The van der Waals surface area contributed by atoms with Crippen molar-refractivity contribution in [3.8, 4) is 5.69 Å². The number of nitrogens with one attached hydrogen (secondary N) is 1. The second-order valence-corrected chi connectivity index (χ2v) is 11.9. The van der Waals surface area contributed by atoms with Crippen molar-refractivity contribution < 1.29 is 14.5 Å². The van der Waals surface area contributed by atoms with Gasteiger partial charge in [-0.15, -0.1) is 0 Å². The summed E-state index contributed by atoms with van der Waals surface area (Å²) in [4.78, 5) is 38.9. The molecule has 1 aliphatic carbocycles. The minimum atomic E-state index is -0.389. The number of nitro benzene ring substituents is 1. The van der Waals surface area contributed by atoms with E-state index in [2.05, 4.69) is 5.32 Å². The molecule has 2 aromatic carbocycles. The van der Waals surface area contributed by atoms with Crippen LogP contribution in [-0.2, 0) is 11.3 Å². The van der Waals surface area contributed by atoms with E-state index in [9.17, 15) is 19.7 Å². The van der Waals surface area contributed by atoms with Gasteiger partial charge in [0.15, 0.2) is 0 Å². The molecule has 1 saturated heterocycles. The van der Waals surface area contributed by atoms with E-state index in [0.29, 0.717) is 31.9 Å². The molecular weight excluding hydrogens is 571 g/mol. The van der Waals surface area contributed by atoms with Crippen molar-refractivity contribution >= 4 is 63.6 Å². The summed E-state index contributed by atoms with van der Waals surface area (Å²) in [5.41, 5.74) is 4.31. The van der Waals surface area contributed by atoms with Crippen molar-refractivity contribution in [2.24, 2.45) is 0 Å². The Labute approximate surface area is 246 Å². The third kappa shape index (κ3) is 5.77. The van der Waals surface area contributed by atoms with Crippen LogP contribution in [-0.4, -0.2) is 31.6 Å². The number of nitro groups is 1. The molecule has 1 saturated carbocycles. The van der Waals surface area contributed by atoms with Crippen LogP contribution in [0.5, 0.6) is 0 Å². The lowest BCUT2D eigenvalue weighted by Crippen LogP contribution is -2.27. The van der Waals surface area contributed by atoms with Gasteiger partial charge in [-0.1, -0.05) is 48.5 Å². The molecule has 11 heteroatoms. The smallest absolute Gasteiger partial charge is 0.294 e. The number of carbonyl (C=O) groups is 2. The molecular formula is C29H28Cl2N4O4S. The van der Waals surface area contributed by atoms with Gasteiger partial charge >= 0.3 is 0 Å². The van der Waals surface area contributed by atoms with E-state index in [-0.39, 0.29) is 34.3 Å². The Bertz CT molecular complexity index is 1540. The SMILES string of the molecule is Cc1cc(/C=C2\SC(=O)N(Cc3ccc(Cl)c(Cl)c3)C2=O)c(C)n1-c1ccc(NC2CCCCC2)c([N+](=O)[O-])c1. The van der Waals surface area contributed by atoms with Gasteiger partial charge in [0, 0.05) is 23.5 Å². The Morgan fingerprint density at radius 3 is 2.50 bits per heavy atom. The summed E-state index contributed by atoms with van der Waals surface area (Å²) in [6.45, 7) is 3.88. The molecule has 1 aliphatic heterocycles. The highest BCUT2D eigenvalue weighted by Gasteiger charge is 2.35. The number of thioether (sulfide) groups is 1. The van der Waals surface area contributed by atoms with Crippen LogP contribution in [0.4, 0.5) is 16.2 Å². The number of rotatable bonds is 7. The predicted octanol–water partition coefficient (Wildman–Crippen LogP) is 8.29. The van der Waals surface area contributed by atoms with E-state index < -0.39 is 0 Å². The molecule has 0 spiro atoms. The minimum absolute atomic E-state index is 0.0283. The summed E-state index contributed by atoms with van der Waals surface area (Å²) in [5.74, 6) is -0.389. The number of hydrogen-bond acceptors (Lipinski definition) is 6. The Kier molecular flexibility index (Phi) is 8.26. The second-order valence-electron chi connectivity index (χ2n) is 10.1. The molecule has 2 heterocycles. The summed E-state index contributed by atoms with van der Waals surface area (Å²) < 4.78 is 1.92. The lowest BCUT2D eigenvalue weighted by molar-refractivity contribution is -0.384. The zero-order valence-electron chi connectivity index (χ0n) is 22.1. The van der Waals surface area contributed by atoms with Crippen molar-refractivity contribution in [2.75, 3.05) is 5.32 Å². The van der Waals surface area contributed by atoms with Crippen LogP contribution >= 0.6 is 35.0 Å². The summed E-state index contributed by atoms with van der Waals surface area (Å²) in [7, 11) is 0. The average Bonchev–Trinajstić information content (AvgIpc) is 3.35. The number of halogens is 2. The maximum atomic E-state index is 13.1. The molecule has 0 atom stereocenters. The van der Waals surface area contributed by atoms with E-state index in [0.717, 1.165) is 54.4 Å². The predicted molar refractivity (Wildman–Crippen MR) is 160 cm³/mol. The topological polar surface area (TPSA) is 97.5 Å². The standard InChI is InChI=1S/C29H28Cl2N4O4S/c1-17-12-20(14-27-28(36)33(29(37)40-27)16-19-8-10-23(30)24(31)13-19)18(2)34(17)22-9-11-25(26(15-22)35(38)39)32-21-6-4-3-5-7-21/h8-15,21,32H,3-7,16H2,1-2H3/b27-14-. The second kappa shape index (κ2) is 11.7. The molecule has 0 bridgehead atoms. The maximum absolute atomic E-state index is 13.1. The number of benzene rings is 2. The van der Waals surface area contributed by atoms with Crippen LogP contribution in [0.15, 0.2) is 47.4 Å². The largest absolute Gasteiger partial charge is 0.377 e. The van der Waals surface area contributed by atoms with Crippen molar-refractivity contribution in [1.82, 2.24) is 9.47 Å². The zero-order chi connectivity index (χ0) is 28.6. The molecule has 2 amide bonds. The molecule has 3 aromatic rings. The summed E-state index contributed by atoms with van der Waals surface area (Å²) in [5, 5.41) is 15.7. The number of carbonyl (C=O) groups excluding carboxylic acids is 2. The van der Waals surface area contributed by atoms with Gasteiger partial charge in [-0.25, -0.2) is 0 Å². The van der Waals surface area contributed by atoms with Crippen LogP contribution < -0.4 is 5.32 Å². The van der Waals surface area contributed by atoms with Crippen LogP contribution in [0, 0.1) is 24.0 Å². The van der Waals surface area contributed by atoms with Crippen molar-refractivity contribution in [2.45, 2.75) is 58.5 Å². The molecule has 2 fully saturated rings. The molecule has 1 N–H and O–H groups in total. The Morgan fingerprint density at radius 1 is 1.05 bits per heavy atom. The molecule has 1 aromatic heterocycles. The van der Waals surface area contributed by atoms with Gasteiger partial charge in [-0.3, -0.25) is 24.6 Å². The first-order chi connectivity index (χ1) is 19.1. The van der Waals surface area contributed by atoms with Gasteiger partial charge in [-0.2, -0.15) is 0 Å². The van der Waals surface area contributed by atoms with E-state index >= 15 is 0 Å². The number of amides is 2. The highest BCUT2D eigenvalue weighted by Crippen LogP contribution is 2.36. The van der Waals surface area contributed by atoms with Gasteiger partial charge in [0.1, 0.15) is 5.69 Å².